The number of aromatic nitrogens is 4. The van der Waals surface area contributed by atoms with Crippen LogP contribution in [0.25, 0.3) is 5.69 Å². The van der Waals surface area contributed by atoms with E-state index in [-0.39, 0.29) is 0 Å². The number of ether oxygens (including phenoxy) is 1. The van der Waals surface area contributed by atoms with Crippen molar-refractivity contribution in [3.63, 3.8) is 0 Å². The molecule has 0 fully saturated rings. The van der Waals surface area contributed by atoms with E-state index in [1.807, 2.05) is 61.5 Å². The maximum Gasteiger partial charge on any atom is 0.175 e. The van der Waals surface area contributed by atoms with Crippen LogP contribution in [-0.4, -0.2) is 26.8 Å². The van der Waals surface area contributed by atoms with Crippen molar-refractivity contribution in [3.8, 4) is 11.4 Å². The molecule has 3 rings (SSSR count). The molecule has 0 saturated heterocycles. The summed E-state index contributed by atoms with van der Waals surface area (Å²) in [5.74, 6) is 1.56. The summed E-state index contributed by atoms with van der Waals surface area (Å²) in [6.07, 6.45) is 0. The predicted octanol–water partition coefficient (Wildman–Crippen LogP) is 2.67. The fraction of sp³-hybridized carbons (Fsp3) is 0.188. The normalized spacial score (nSPS) is 10.4. The van der Waals surface area contributed by atoms with Gasteiger partial charge in [-0.2, -0.15) is 4.68 Å². The molecule has 0 spiro atoms. The van der Waals surface area contributed by atoms with E-state index in [0.29, 0.717) is 13.2 Å². The highest BCUT2D eigenvalue weighted by molar-refractivity contribution is 5.56. The molecule has 112 valence electrons. The third-order valence-corrected chi connectivity index (χ3v) is 3.16. The van der Waals surface area contributed by atoms with Crippen molar-refractivity contribution in [2.75, 3.05) is 11.9 Å². The van der Waals surface area contributed by atoms with Crippen molar-refractivity contribution < 1.29 is 4.74 Å². The van der Waals surface area contributed by atoms with Crippen molar-refractivity contribution in [2.24, 2.45) is 0 Å². The van der Waals surface area contributed by atoms with E-state index in [2.05, 4.69) is 20.8 Å². The van der Waals surface area contributed by atoms with Gasteiger partial charge in [0.15, 0.2) is 5.82 Å². The molecule has 3 aromatic rings. The highest BCUT2D eigenvalue weighted by Crippen LogP contribution is 2.24. The summed E-state index contributed by atoms with van der Waals surface area (Å²) >= 11 is 0. The van der Waals surface area contributed by atoms with Crippen molar-refractivity contribution in [1.29, 1.82) is 0 Å². The highest BCUT2D eigenvalue weighted by atomic mass is 16.5. The molecule has 2 aromatic carbocycles. The SMILES string of the molecule is CCOc1ccccc1NCc1nnnn1-c1ccccc1. The number of anilines is 1. The molecular formula is C16H17N5O. The second-order valence-corrected chi connectivity index (χ2v) is 4.63. The van der Waals surface area contributed by atoms with Gasteiger partial charge < -0.3 is 10.1 Å². The topological polar surface area (TPSA) is 64.9 Å². The van der Waals surface area contributed by atoms with Crippen molar-refractivity contribution in [1.82, 2.24) is 20.2 Å². The molecule has 0 atom stereocenters. The zero-order valence-electron chi connectivity index (χ0n) is 12.3. The van der Waals surface area contributed by atoms with E-state index >= 15 is 0 Å². The van der Waals surface area contributed by atoms with Crippen molar-refractivity contribution >= 4 is 5.69 Å². The Morgan fingerprint density at radius 1 is 1.05 bits per heavy atom. The number of tetrazole rings is 1. The Labute approximate surface area is 128 Å². The highest BCUT2D eigenvalue weighted by Gasteiger charge is 2.09. The first-order chi connectivity index (χ1) is 10.9. The van der Waals surface area contributed by atoms with Crippen LogP contribution < -0.4 is 10.1 Å². The van der Waals surface area contributed by atoms with Gasteiger partial charge in [-0.1, -0.05) is 30.3 Å². The Kier molecular flexibility index (Phi) is 4.29. The lowest BCUT2D eigenvalue weighted by Gasteiger charge is -2.12. The minimum Gasteiger partial charge on any atom is -0.492 e. The van der Waals surface area contributed by atoms with Gasteiger partial charge in [-0.25, -0.2) is 0 Å². The molecule has 0 saturated carbocycles. The summed E-state index contributed by atoms with van der Waals surface area (Å²) in [6, 6.07) is 17.6. The first-order valence-corrected chi connectivity index (χ1v) is 7.17. The molecule has 0 aliphatic rings. The number of hydrogen-bond donors (Lipinski definition) is 1. The minimum atomic E-state index is 0.506. The Morgan fingerprint density at radius 3 is 2.64 bits per heavy atom. The molecule has 1 heterocycles. The van der Waals surface area contributed by atoms with Crippen LogP contribution in [0.2, 0.25) is 0 Å². The van der Waals surface area contributed by atoms with Crippen LogP contribution in [0.3, 0.4) is 0 Å². The van der Waals surface area contributed by atoms with Gasteiger partial charge in [-0.05, 0) is 41.6 Å². The summed E-state index contributed by atoms with van der Waals surface area (Å²) in [5.41, 5.74) is 1.86. The summed E-state index contributed by atoms with van der Waals surface area (Å²) < 4.78 is 7.32. The minimum absolute atomic E-state index is 0.506. The van der Waals surface area contributed by atoms with Gasteiger partial charge in [0.05, 0.1) is 24.5 Å². The van der Waals surface area contributed by atoms with Crippen LogP contribution in [0.5, 0.6) is 5.75 Å². The monoisotopic (exact) mass is 295 g/mol. The van der Waals surface area contributed by atoms with Gasteiger partial charge in [0, 0.05) is 0 Å². The van der Waals surface area contributed by atoms with Crippen molar-refractivity contribution in [2.45, 2.75) is 13.5 Å². The van der Waals surface area contributed by atoms with E-state index in [1.165, 1.54) is 0 Å². The number of nitrogens with one attached hydrogen (secondary N) is 1. The molecule has 0 bridgehead atoms. The van der Waals surface area contributed by atoms with Gasteiger partial charge in [-0.15, -0.1) is 5.10 Å². The van der Waals surface area contributed by atoms with Gasteiger partial charge in [0.2, 0.25) is 0 Å². The number of hydrogen-bond acceptors (Lipinski definition) is 5. The first kappa shape index (κ1) is 14.1. The smallest absolute Gasteiger partial charge is 0.175 e. The summed E-state index contributed by atoms with van der Waals surface area (Å²) in [6.45, 7) is 3.10. The molecule has 0 aliphatic heterocycles. The molecule has 6 nitrogen and oxygen atoms in total. The van der Waals surface area contributed by atoms with Crippen LogP contribution in [0.4, 0.5) is 5.69 Å². The summed E-state index contributed by atoms with van der Waals surface area (Å²) in [5, 5.41) is 15.2. The summed E-state index contributed by atoms with van der Waals surface area (Å²) in [7, 11) is 0. The number of rotatable bonds is 6. The summed E-state index contributed by atoms with van der Waals surface area (Å²) in [4.78, 5) is 0. The molecule has 0 amide bonds. The maximum absolute atomic E-state index is 5.60. The Hall–Kier alpha value is -2.89. The average Bonchev–Trinajstić information content (AvgIpc) is 3.04. The van der Waals surface area contributed by atoms with E-state index in [9.17, 15) is 0 Å². The lowest BCUT2D eigenvalue weighted by molar-refractivity contribution is 0.341. The second-order valence-electron chi connectivity index (χ2n) is 4.63. The lowest BCUT2D eigenvalue weighted by atomic mass is 10.3. The predicted molar refractivity (Wildman–Crippen MR) is 84.1 cm³/mol. The standard InChI is InChI=1S/C16H17N5O/c1-2-22-15-11-7-6-10-14(15)17-12-16-18-19-20-21(16)13-8-4-3-5-9-13/h3-11,17H,2,12H2,1H3. The lowest BCUT2D eigenvalue weighted by Crippen LogP contribution is -2.09. The molecule has 0 aliphatic carbocycles. The zero-order chi connectivity index (χ0) is 15.2. The van der Waals surface area contributed by atoms with Crippen LogP contribution in [0.1, 0.15) is 12.7 Å². The third kappa shape index (κ3) is 3.06. The fourth-order valence-electron chi connectivity index (χ4n) is 2.15. The molecule has 0 radical (unpaired) electrons. The Balaban J connectivity index is 1.77. The number of nitrogens with zero attached hydrogens (tertiary/aromatic N) is 4. The molecule has 22 heavy (non-hydrogen) atoms. The molecule has 0 unspecified atom stereocenters. The quantitative estimate of drug-likeness (QED) is 0.757. The Morgan fingerprint density at radius 2 is 1.82 bits per heavy atom. The van der Waals surface area contributed by atoms with Gasteiger partial charge in [-0.3, -0.25) is 0 Å². The van der Waals surface area contributed by atoms with Crippen LogP contribution >= 0.6 is 0 Å². The van der Waals surface area contributed by atoms with Gasteiger partial charge in [0.1, 0.15) is 5.75 Å². The second kappa shape index (κ2) is 6.71. The van der Waals surface area contributed by atoms with E-state index in [0.717, 1.165) is 22.9 Å². The maximum atomic E-state index is 5.60. The third-order valence-electron chi connectivity index (χ3n) is 3.16. The van der Waals surface area contributed by atoms with E-state index in [1.54, 1.807) is 4.68 Å². The molecule has 6 heteroatoms. The first-order valence-electron chi connectivity index (χ1n) is 7.17. The Bertz CT molecular complexity index is 726. The van der Waals surface area contributed by atoms with E-state index in [4.69, 9.17) is 4.74 Å². The largest absolute Gasteiger partial charge is 0.492 e. The fourth-order valence-corrected chi connectivity index (χ4v) is 2.15. The van der Waals surface area contributed by atoms with Gasteiger partial charge >= 0.3 is 0 Å². The zero-order valence-corrected chi connectivity index (χ0v) is 12.3. The van der Waals surface area contributed by atoms with Gasteiger partial charge in [0.25, 0.3) is 0 Å². The number of para-hydroxylation sites is 3. The van der Waals surface area contributed by atoms with Crippen LogP contribution in [0.15, 0.2) is 54.6 Å². The van der Waals surface area contributed by atoms with E-state index < -0.39 is 0 Å². The molecule has 1 N–H and O–H groups in total. The van der Waals surface area contributed by atoms with Crippen molar-refractivity contribution in [3.05, 3.63) is 60.4 Å². The van der Waals surface area contributed by atoms with Crippen LogP contribution in [-0.2, 0) is 6.54 Å². The van der Waals surface area contributed by atoms with Crippen LogP contribution in [0, 0.1) is 0 Å². The molecular weight excluding hydrogens is 278 g/mol. The molecule has 1 aromatic heterocycles. The average molecular weight is 295 g/mol. The number of benzene rings is 2.